The van der Waals surface area contributed by atoms with Gasteiger partial charge in [-0.1, -0.05) is 18.2 Å². The van der Waals surface area contributed by atoms with E-state index in [1.807, 2.05) is 6.07 Å². The van der Waals surface area contributed by atoms with E-state index in [0.29, 0.717) is 11.4 Å². The number of pyridine rings is 1. The van der Waals surface area contributed by atoms with Gasteiger partial charge in [-0.25, -0.2) is 4.39 Å². The molecule has 0 atom stereocenters. The Hall–Kier alpha value is -4.27. The number of rotatable bonds is 8. The van der Waals surface area contributed by atoms with Gasteiger partial charge in [-0.15, -0.1) is 0 Å². The van der Waals surface area contributed by atoms with Crippen LogP contribution in [0.15, 0.2) is 67.0 Å². The molecule has 0 saturated carbocycles. The molecule has 2 heterocycles. The van der Waals surface area contributed by atoms with Crippen LogP contribution in [0.1, 0.15) is 15.9 Å². The summed E-state index contributed by atoms with van der Waals surface area (Å²) in [6, 6.07) is 13.9. The number of ketones is 1. The number of anilines is 1. The third-order valence-electron chi connectivity index (χ3n) is 4.93. The van der Waals surface area contributed by atoms with Crippen molar-refractivity contribution in [3.8, 4) is 11.5 Å². The number of ether oxygens (including phenoxy) is 2. The maximum Gasteiger partial charge on any atom is 0.265 e. The van der Waals surface area contributed by atoms with Crippen LogP contribution < -0.4 is 19.7 Å². The molecule has 0 radical (unpaired) electrons. The fraction of sp³-hybridized carbons (Fsp3) is 0.167. The number of nitrogens with zero attached hydrogens (tertiary/aromatic N) is 2. The van der Waals surface area contributed by atoms with Crippen LogP contribution in [0.25, 0.3) is 0 Å². The molecule has 0 unspecified atom stereocenters. The third kappa shape index (κ3) is 5.32. The van der Waals surface area contributed by atoms with Gasteiger partial charge in [0.15, 0.2) is 30.6 Å². The fourth-order valence-corrected chi connectivity index (χ4v) is 3.24. The van der Waals surface area contributed by atoms with Crippen molar-refractivity contribution in [2.45, 2.75) is 6.54 Å². The van der Waals surface area contributed by atoms with Gasteiger partial charge < -0.3 is 14.8 Å². The molecule has 33 heavy (non-hydrogen) atoms. The minimum absolute atomic E-state index is 0.0331. The molecule has 0 fully saturated rings. The summed E-state index contributed by atoms with van der Waals surface area (Å²) in [7, 11) is 0. The van der Waals surface area contributed by atoms with E-state index in [2.05, 4.69) is 10.3 Å². The molecule has 2 aromatic carbocycles. The van der Waals surface area contributed by atoms with Crippen LogP contribution in [0.5, 0.6) is 11.5 Å². The molecular formula is C24H20FN3O5. The van der Waals surface area contributed by atoms with E-state index in [1.54, 1.807) is 30.6 Å². The summed E-state index contributed by atoms with van der Waals surface area (Å²) in [5.41, 5.74) is 1.37. The first-order valence-electron chi connectivity index (χ1n) is 10.1. The minimum atomic E-state index is -0.571. The Bertz CT molecular complexity index is 1190. The Morgan fingerprint density at radius 3 is 2.79 bits per heavy atom. The van der Waals surface area contributed by atoms with E-state index in [-0.39, 0.29) is 43.5 Å². The summed E-state index contributed by atoms with van der Waals surface area (Å²) in [4.78, 5) is 42.8. The van der Waals surface area contributed by atoms with Crippen LogP contribution in [0.4, 0.5) is 10.1 Å². The second-order valence-electron chi connectivity index (χ2n) is 7.23. The molecule has 9 heteroatoms. The lowest BCUT2D eigenvalue weighted by Gasteiger charge is -2.29. The Balaban J connectivity index is 1.45. The summed E-state index contributed by atoms with van der Waals surface area (Å²) in [6.07, 6.45) is 3.27. The van der Waals surface area contributed by atoms with Crippen LogP contribution >= 0.6 is 0 Å². The number of aromatic nitrogens is 1. The summed E-state index contributed by atoms with van der Waals surface area (Å²) >= 11 is 0. The van der Waals surface area contributed by atoms with Crippen molar-refractivity contribution in [3.05, 3.63) is 83.9 Å². The zero-order chi connectivity index (χ0) is 23.2. The second kappa shape index (κ2) is 9.90. The normalized spacial score (nSPS) is 12.5. The molecule has 4 rings (SSSR count). The molecule has 0 aliphatic carbocycles. The number of carbonyl (C=O) groups excluding carboxylic acids is 3. The highest BCUT2D eigenvalue weighted by Gasteiger charge is 2.28. The van der Waals surface area contributed by atoms with Crippen molar-refractivity contribution in [2.24, 2.45) is 0 Å². The summed E-state index contributed by atoms with van der Waals surface area (Å²) in [6.45, 7) is -0.574. The standard InChI is InChI=1S/C24H20FN3O5/c25-18-5-1-2-6-21(18)32-14-20(29)17-7-8-22-19(10-17)28(24(31)15-33-22)13-23(30)27-12-16-4-3-9-26-11-16/h1-11H,12-15H2,(H,27,30). The number of amides is 2. The molecule has 1 N–H and O–H groups in total. The molecule has 0 bridgehead atoms. The molecular weight excluding hydrogens is 429 g/mol. The first-order valence-corrected chi connectivity index (χ1v) is 10.1. The number of hydrogen-bond donors (Lipinski definition) is 1. The molecule has 168 valence electrons. The van der Waals surface area contributed by atoms with Crippen LogP contribution in [0.3, 0.4) is 0 Å². The number of Topliss-reactive ketones (excluding diaryl/α,β-unsaturated/α-hetero) is 1. The van der Waals surface area contributed by atoms with Crippen molar-refractivity contribution < 1.29 is 28.2 Å². The maximum absolute atomic E-state index is 13.7. The fourth-order valence-electron chi connectivity index (χ4n) is 3.24. The molecule has 0 saturated heterocycles. The van der Waals surface area contributed by atoms with Gasteiger partial charge in [-0.05, 0) is 42.0 Å². The number of benzene rings is 2. The van der Waals surface area contributed by atoms with E-state index in [0.717, 1.165) is 5.56 Å². The van der Waals surface area contributed by atoms with Gasteiger partial charge in [0, 0.05) is 24.5 Å². The summed E-state index contributed by atoms with van der Waals surface area (Å²) < 4.78 is 24.4. The summed E-state index contributed by atoms with van der Waals surface area (Å²) in [5, 5.41) is 2.74. The quantitative estimate of drug-likeness (QED) is 0.531. The number of fused-ring (bicyclic) bond motifs is 1. The SMILES string of the molecule is O=C(CN1C(=O)COc2ccc(C(=O)COc3ccccc3F)cc21)NCc1cccnc1. The minimum Gasteiger partial charge on any atom is -0.482 e. The predicted molar refractivity (Wildman–Crippen MR) is 117 cm³/mol. The Labute approximate surface area is 189 Å². The Morgan fingerprint density at radius 1 is 1.15 bits per heavy atom. The van der Waals surface area contributed by atoms with Crippen molar-refractivity contribution in [2.75, 3.05) is 24.7 Å². The smallest absolute Gasteiger partial charge is 0.265 e. The Kier molecular flexibility index (Phi) is 6.58. The maximum atomic E-state index is 13.7. The van der Waals surface area contributed by atoms with E-state index in [1.165, 1.54) is 35.2 Å². The average Bonchev–Trinajstić information content (AvgIpc) is 2.84. The monoisotopic (exact) mass is 449 g/mol. The first-order chi connectivity index (χ1) is 16.0. The lowest BCUT2D eigenvalue weighted by atomic mass is 10.1. The second-order valence-corrected chi connectivity index (χ2v) is 7.23. The van der Waals surface area contributed by atoms with Crippen molar-refractivity contribution in [1.82, 2.24) is 10.3 Å². The number of nitrogens with one attached hydrogen (secondary N) is 1. The van der Waals surface area contributed by atoms with Crippen molar-refractivity contribution in [1.29, 1.82) is 0 Å². The van der Waals surface area contributed by atoms with Gasteiger partial charge in [0.05, 0.1) is 5.69 Å². The van der Waals surface area contributed by atoms with Gasteiger partial charge in [0.1, 0.15) is 12.3 Å². The highest BCUT2D eigenvalue weighted by atomic mass is 19.1. The van der Waals surface area contributed by atoms with E-state index < -0.39 is 17.5 Å². The number of halogens is 1. The van der Waals surface area contributed by atoms with Gasteiger partial charge in [0.25, 0.3) is 5.91 Å². The van der Waals surface area contributed by atoms with Crippen LogP contribution in [-0.4, -0.2) is 42.3 Å². The lowest BCUT2D eigenvalue weighted by Crippen LogP contribution is -2.45. The molecule has 8 nitrogen and oxygen atoms in total. The van der Waals surface area contributed by atoms with E-state index in [9.17, 15) is 18.8 Å². The van der Waals surface area contributed by atoms with E-state index in [4.69, 9.17) is 9.47 Å². The molecule has 1 aromatic heterocycles. The Morgan fingerprint density at radius 2 is 2.00 bits per heavy atom. The predicted octanol–water partition coefficient (Wildman–Crippen LogP) is 2.52. The van der Waals surface area contributed by atoms with Gasteiger partial charge in [-0.2, -0.15) is 0 Å². The van der Waals surface area contributed by atoms with Crippen molar-refractivity contribution >= 4 is 23.3 Å². The number of carbonyl (C=O) groups is 3. The first kappa shape index (κ1) is 21.9. The van der Waals surface area contributed by atoms with Crippen molar-refractivity contribution in [3.63, 3.8) is 0 Å². The number of para-hydroxylation sites is 1. The molecule has 3 aromatic rings. The summed E-state index contributed by atoms with van der Waals surface area (Å²) in [5.74, 6) is -1.43. The zero-order valence-electron chi connectivity index (χ0n) is 17.5. The average molecular weight is 449 g/mol. The van der Waals surface area contributed by atoms with Crippen LogP contribution in [-0.2, 0) is 16.1 Å². The highest BCUT2D eigenvalue weighted by Crippen LogP contribution is 2.33. The highest BCUT2D eigenvalue weighted by molar-refractivity contribution is 6.04. The molecule has 0 spiro atoms. The van der Waals surface area contributed by atoms with Gasteiger partial charge >= 0.3 is 0 Å². The zero-order valence-corrected chi connectivity index (χ0v) is 17.5. The molecule has 1 aliphatic rings. The topological polar surface area (TPSA) is 97.8 Å². The van der Waals surface area contributed by atoms with Gasteiger partial charge in [0.2, 0.25) is 5.91 Å². The number of hydrogen-bond acceptors (Lipinski definition) is 6. The van der Waals surface area contributed by atoms with E-state index >= 15 is 0 Å². The molecule has 1 aliphatic heterocycles. The van der Waals surface area contributed by atoms with Crippen LogP contribution in [0, 0.1) is 5.82 Å². The van der Waals surface area contributed by atoms with Crippen LogP contribution in [0.2, 0.25) is 0 Å². The lowest BCUT2D eigenvalue weighted by molar-refractivity contribution is -0.125. The largest absolute Gasteiger partial charge is 0.482 e. The van der Waals surface area contributed by atoms with Gasteiger partial charge in [-0.3, -0.25) is 24.3 Å². The third-order valence-corrected chi connectivity index (χ3v) is 4.93. The molecule has 2 amide bonds.